The number of nitrogens with one attached hydrogen (secondary N) is 3. The average molecular weight is 543 g/mol. The number of rotatable bonds is 8. The molecular weight excluding hydrogens is 516 g/mol. The van der Waals surface area contributed by atoms with Crippen molar-refractivity contribution in [3.8, 4) is 5.69 Å². The van der Waals surface area contributed by atoms with Gasteiger partial charge in [-0.2, -0.15) is 4.68 Å². The van der Waals surface area contributed by atoms with Crippen molar-refractivity contribution in [3.63, 3.8) is 0 Å². The van der Waals surface area contributed by atoms with E-state index in [0.717, 1.165) is 21.5 Å². The second-order valence-electron chi connectivity index (χ2n) is 9.08. The summed E-state index contributed by atoms with van der Waals surface area (Å²) in [6, 6.07) is 11.6. The van der Waals surface area contributed by atoms with Gasteiger partial charge in [0.1, 0.15) is 5.70 Å². The molecule has 0 atom stereocenters. The van der Waals surface area contributed by atoms with E-state index >= 15 is 0 Å². The first-order valence-electron chi connectivity index (χ1n) is 12.1. The molecule has 4 N–H and O–H groups in total. The van der Waals surface area contributed by atoms with Crippen molar-refractivity contribution in [2.75, 3.05) is 5.32 Å². The van der Waals surface area contributed by atoms with Crippen LogP contribution >= 0.6 is 11.3 Å². The van der Waals surface area contributed by atoms with Crippen molar-refractivity contribution >= 4 is 46.1 Å². The van der Waals surface area contributed by atoms with Crippen LogP contribution in [-0.4, -0.2) is 47.2 Å². The van der Waals surface area contributed by atoms with Crippen molar-refractivity contribution in [3.05, 3.63) is 86.1 Å². The van der Waals surface area contributed by atoms with Crippen molar-refractivity contribution in [1.29, 1.82) is 0 Å². The molecule has 2 aromatic carbocycles. The van der Waals surface area contributed by atoms with Gasteiger partial charge in [-0.25, -0.2) is 9.78 Å². The van der Waals surface area contributed by atoms with Gasteiger partial charge in [0.25, 0.3) is 5.91 Å². The number of aromatic amines is 1. The zero-order chi connectivity index (χ0) is 27.7. The van der Waals surface area contributed by atoms with Crippen LogP contribution in [0, 0.1) is 27.7 Å². The Bertz CT molecular complexity index is 1720. The van der Waals surface area contributed by atoms with Crippen molar-refractivity contribution in [2.24, 2.45) is 0 Å². The molecule has 39 heavy (non-hydrogen) atoms. The van der Waals surface area contributed by atoms with Gasteiger partial charge in [-0.05, 0) is 85.2 Å². The summed E-state index contributed by atoms with van der Waals surface area (Å²) in [6.45, 7) is 7.73. The molecule has 3 aromatic heterocycles. The predicted molar refractivity (Wildman–Crippen MR) is 149 cm³/mol. The SMILES string of the molecule is Cc1nc(C)c(/C=C(\NC(=O)c2c(C)cc(-n3nnnc3NCc3cccc4[nH]ccc34)cc2C)C(=O)O)s1. The van der Waals surface area contributed by atoms with Gasteiger partial charge < -0.3 is 20.7 Å². The standard InChI is InChI=1S/C27H26N8O3S/c1-14-10-19(35-27(32-33-34-35)29-13-18-6-5-7-21-20(18)8-9-28-21)11-15(2)24(14)25(36)31-22(26(37)38)12-23-16(3)30-17(4)39-23/h5-12,28H,13H2,1-4H3,(H,31,36)(H,37,38)(H,29,32,34)/b22-12-. The third-order valence-corrected chi connectivity index (χ3v) is 7.29. The van der Waals surface area contributed by atoms with Gasteiger partial charge in [-0.1, -0.05) is 17.2 Å². The lowest BCUT2D eigenvalue weighted by Gasteiger charge is -2.14. The number of aromatic nitrogens is 6. The highest BCUT2D eigenvalue weighted by molar-refractivity contribution is 7.12. The Morgan fingerprint density at radius 2 is 1.90 bits per heavy atom. The van der Waals surface area contributed by atoms with E-state index in [4.69, 9.17) is 0 Å². The van der Waals surface area contributed by atoms with Gasteiger partial charge in [0.15, 0.2) is 0 Å². The van der Waals surface area contributed by atoms with E-state index in [2.05, 4.69) is 36.1 Å². The normalized spacial score (nSPS) is 11.6. The van der Waals surface area contributed by atoms with Crippen LogP contribution in [0.5, 0.6) is 0 Å². The van der Waals surface area contributed by atoms with Crippen LogP contribution in [0.4, 0.5) is 5.95 Å². The first-order valence-corrected chi connectivity index (χ1v) is 12.9. The third-order valence-electron chi connectivity index (χ3n) is 6.27. The summed E-state index contributed by atoms with van der Waals surface area (Å²) in [7, 11) is 0. The number of carbonyl (C=O) groups excluding carboxylic acids is 1. The van der Waals surface area contributed by atoms with Crippen LogP contribution < -0.4 is 10.6 Å². The maximum atomic E-state index is 13.2. The molecule has 3 heterocycles. The highest BCUT2D eigenvalue weighted by Crippen LogP contribution is 2.24. The lowest BCUT2D eigenvalue weighted by atomic mass is 10.0. The van der Waals surface area contributed by atoms with Crippen LogP contribution in [0.3, 0.4) is 0 Å². The van der Waals surface area contributed by atoms with E-state index in [9.17, 15) is 14.7 Å². The topological polar surface area (TPSA) is 151 Å². The van der Waals surface area contributed by atoms with Crippen LogP contribution in [-0.2, 0) is 11.3 Å². The molecule has 198 valence electrons. The lowest BCUT2D eigenvalue weighted by molar-refractivity contribution is -0.132. The molecule has 0 aliphatic heterocycles. The predicted octanol–water partition coefficient (Wildman–Crippen LogP) is 4.30. The van der Waals surface area contributed by atoms with Crippen LogP contribution in [0.25, 0.3) is 22.7 Å². The fourth-order valence-electron chi connectivity index (χ4n) is 4.52. The number of aryl methyl sites for hydroxylation is 4. The number of carboxylic acids is 1. The maximum Gasteiger partial charge on any atom is 0.352 e. The second-order valence-corrected chi connectivity index (χ2v) is 10.3. The number of hydrogen-bond acceptors (Lipinski definition) is 8. The number of H-pyrrole nitrogens is 1. The van der Waals surface area contributed by atoms with Gasteiger partial charge in [0, 0.05) is 29.2 Å². The van der Waals surface area contributed by atoms with E-state index in [-0.39, 0.29) is 5.70 Å². The first kappa shape index (κ1) is 25.8. The summed E-state index contributed by atoms with van der Waals surface area (Å²) < 4.78 is 1.57. The van der Waals surface area contributed by atoms with Gasteiger partial charge in [0.2, 0.25) is 5.95 Å². The zero-order valence-electron chi connectivity index (χ0n) is 21.7. The minimum Gasteiger partial charge on any atom is -0.477 e. The third kappa shape index (κ3) is 5.27. The van der Waals surface area contributed by atoms with E-state index in [1.807, 2.05) is 37.4 Å². The van der Waals surface area contributed by atoms with Gasteiger partial charge >= 0.3 is 5.97 Å². The molecule has 1 amide bonds. The number of tetrazole rings is 1. The van der Waals surface area contributed by atoms with E-state index < -0.39 is 11.9 Å². The van der Waals surface area contributed by atoms with Gasteiger partial charge in [-0.15, -0.1) is 11.3 Å². The number of anilines is 1. The maximum absolute atomic E-state index is 13.2. The Morgan fingerprint density at radius 1 is 1.13 bits per heavy atom. The molecule has 0 aliphatic rings. The number of nitrogens with zero attached hydrogens (tertiary/aromatic N) is 5. The van der Waals surface area contributed by atoms with Crippen LogP contribution in [0.2, 0.25) is 0 Å². The number of carbonyl (C=O) groups is 2. The number of hydrogen-bond donors (Lipinski definition) is 4. The second kappa shape index (κ2) is 10.5. The van der Waals surface area contributed by atoms with Crippen molar-refractivity contribution in [2.45, 2.75) is 34.2 Å². The zero-order valence-corrected chi connectivity index (χ0v) is 22.6. The Hall–Kier alpha value is -4.84. The molecular formula is C27H26N8O3S. The smallest absolute Gasteiger partial charge is 0.352 e. The Morgan fingerprint density at radius 3 is 2.59 bits per heavy atom. The number of fused-ring (bicyclic) bond motifs is 1. The first-order chi connectivity index (χ1) is 18.7. The highest BCUT2D eigenvalue weighted by atomic mass is 32.1. The molecule has 0 fully saturated rings. The Kier molecular flexibility index (Phi) is 6.94. The lowest BCUT2D eigenvalue weighted by Crippen LogP contribution is -2.28. The van der Waals surface area contributed by atoms with E-state index in [1.165, 1.54) is 17.4 Å². The quantitative estimate of drug-likeness (QED) is 0.212. The summed E-state index contributed by atoms with van der Waals surface area (Å²) in [5.41, 5.74) is 4.97. The average Bonchev–Trinajstić information content (AvgIpc) is 3.62. The number of thiazole rings is 1. The Balaban J connectivity index is 1.38. The summed E-state index contributed by atoms with van der Waals surface area (Å²) in [5, 5.41) is 29.6. The van der Waals surface area contributed by atoms with Crippen molar-refractivity contribution in [1.82, 2.24) is 35.5 Å². The minimum absolute atomic E-state index is 0.223. The monoisotopic (exact) mass is 542 g/mol. The fraction of sp³-hybridized carbons (Fsp3) is 0.185. The summed E-state index contributed by atoms with van der Waals surface area (Å²) in [6.07, 6.45) is 3.34. The summed E-state index contributed by atoms with van der Waals surface area (Å²) in [5.74, 6) is -1.30. The van der Waals surface area contributed by atoms with Crippen molar-refractivity contribution < 1.29 is 14.7 Å². The minimum atomic E-state index is -1.24. The van der Waals surface area contributed by atoms with E-state index in [0.29, 0.717) is 45.4 Å². The molecule has 0 bridgehead atoms. The molecule has 0 saturated carbocycles. The molecule has 0 unspecified atom stereocenters. The van der Waals surface area contributed by atoms with E-state index in [1.54, 1.807) is 37.6 Å². The molecule has 5 aromatic rings. The number of benzene rings is 2. The van der Waals surface area contributed by atoms with Gasteiger partial charge in [-0.3, -0.25) is 4.79 Å². The number of aliphatic carboxylic acids is 1. The van der Waals surface area contributed by atoms with Crippen LogP contribution in [0.15, 0.2) is 48.3 Å². The fourth-order valence-corrected chi connectivity index (χ4v) is 5.39. The molecule has 12 heteroatoms. The molecule has 5 rings (SSSR count). The summed E-state index contributed by atoms with van der Waals surface area (Å²) >= 11 is 1.36. The molecule has 0 saturated heterocycles. The molecule has 0 radical (unpaired) electrons. The van der Waals surface area contributed by atoms with Crippen LogP contribution in [0.1, 0.15) is 42.6 Å². The molecule has 0 spiro atoms. The Labute approximate surface area is 227 Å². The number of carboxylic acid groups (broad SMARTS) is 1. The summed E-state index contributed by atoms with van der Waals surface area (Å²) in [4.78, 5) is 33.3. The van der Waals surface area contributed by atoms with Gasteiger partial charge in [0.05, 0.1) is 21.3 Å². The largest absolute Gasteiger partial charge is 0.477 e. The molecule has 11 nitrogen and oxygen atoms in total. The highest BCUT2D eigenvalue weighted by Gasteiger charge is 2.20. The molecule has 0 aliphatic carbocycles. The number of amides is 1.